The van der Waals surface area contributed by atoms with Gasteiger partial charge in [0.1, 0.15) is 0 Å². The maximum atomic E-state index is 11.3. The molecule has 3 heterocycles. The van der Waals surface area contributed by atoms with Crippen molar-refractivity contribution in [3.8, 4) is 0 Å². The van der Waals surface area contributed by atoms with Gasteiger partial charge < -0.3 is 14.4 Å². The van der Waals surface area contributed by atoms with Gasteiger partial charge in [-0.15, -0.1) is 0 Å². The average molecular weight is 349 g/mol. The van der Waals surface area contributed by atoms with Crippen LogP contribution < -0.4 is 0 Å². The van der Waals surface area contributed by atoms with Gasteiger partial charge in [0.05, 0.1) is 29.8 Å². The largest absolute Gasteiger partial charge is 0.387 e. The number of piperidine rings is 1. The predicted molar refractivity (Wildman–Crippen MR) is 105 cm³/mol. The topological polar surface area (TPSA) is 40.8 Å². The number of imidazole rings is 1. The summed E-state index contributed by atoms with van der Waals surface area (Å²) in [5.74, 6) is 0.876. The van der Waals surface area contributed by atoms with Crippen LogP contribution in [0.1, 0.15) is 49.0 Å². The van der Waals surface area contributed by atoms with Gasteiger partial charge >= 0.3 is 0 Å². The second kappa shape index (κ2) is 7.12. The number of aliphatic hydroxyl groups excluding tert-OH is 1. The zero-order valence-corrected chi connectivity index (χ0v) is 15.2. The first-order valence-electron chi connectivity index (χ1n) is 9.56. The highest BCUT2D eigenvalue weighted by Crippen LogP contribution is 2.45. The van der Waals surface area contributed by atoms with Crippen molar-refractivity contribution in [2.24, 2.45) is 5.92 Å². The second-order valence-electron chi connectivity index (χ2n) is 7.44. The second-order valence-corrected chi connectivity index (χ2v) is 7.44. The SMILES string of the molecule is C=C/C=C(\C=C)N1CCC(C(O)c2c(C3CC3)ccc3cncn23)CC1. The quantitative estimate of drug-likeness (QED) is 0.794. The van der Waals surface area contributed by atoms with Crippen LogP contribution in [0.5, 0.6) is 0 Å². The average Bonchev–Trinajstić information content (AvgIpc) is 3.41. The molecular formula is C22H27N3O. The lowest BCUT2D eigenvalue weighted by molar-refractivity contribution is 0.0635. The molecule has 1 N–H and O–H groups in total. The minimum atomic E-state index is -0.443. The van der Waals surface area contributed by atoms with Crippen LogP contribution in [0.4, 0.5) is 0 Å². The summed E-state index contributed by atoms with van der Waals surface area (Å²) in [6, 6.07) is 4.32. The van der Waals surface area contributed by atoms with E-state index in [0.717, 1.165) is 42.8 Å². The fourth-order valence-corrected chi connectivity index (χ4v) is 4.20. The van der Waals surface area contributed by atoms with Crippen molar-refractivity contribution in [2.75, 3.05) is 13.1 Å². The summed E-state index contributed by atoms with van der Waals surface area (Å²) in [6.07, 6.45) is 13.4. The fraction of sp³-hybridized carbons (Fsp3) is 0.409. The van der Waals surface area contributed by atoms with Gasteiger partial charge in [-0.1, -0.05) is 25.3 Å². The number of nitrogens with zero attached hydrogens (tertiary/aromatic N) is 3. The Kier molecular flexibility index (Phi) is 4.68. The highest BCUT2D eigenvalue weighted by Gasteiger charge is 2.34. The number of hydrogen-bond donors (Lipinski definition) is 1. The summed E-state index contributed by atoms with van der Waals surface area (Å²) in [6.45, 7) is 9.56. The van der Waals surface area contributed by atoms with Gasteiger partial charge in [-0.25, -0.2) is 4.98 Å². The number of pyridine rings is 1. The van der Waals surface area contributed by atoms with E-state index in [1.54, 1.807) is 6.08 Å². The lowest BCUT2D eigenvalue weighted by Crippen LogP contribution is -2.35. The lowest BCUT2D eigenvalue weighted by atomic mass is 9.87. The van der Waals surface area contributed by atoms with E-state index in [1.807, 2.05) is 24.7 Å². The van der Waals surface area contributed by atoms with Gasteiger partial charge in [-0.2, -0.15) is 0 Å². The predicted octanol–water partition coefficient (Wildman–Crippen LogP) is 4.21. The number of fused-ring (bicyclic) bond motifs is 1. The number of hydrogen-bond acceptors (Lipinski definition) is 3. The van der Waals surface area contributed by atoms with Crippen molar-refractivity contribution in [3.05, 3.63) is 73.0 Å². The molecule has 2 aromatic heterocycles. The van der Waals surface area contributed by atoms with Crippen LogP contribution in [-0.4, -0.2) is 32.5 Å². The van der Waals surface area contributed by atoms with Crippen LogP contribution in [0.25, 0.3) is 5.52 Å². The smallest absolute Gasteiger partial charge is 0.0995 e. The maximum absolute atomic E-state index is 11.3. The molecule has 0 spiro atoms. The summed E-state index contributed by atoms with van der Waals surface area (Å²) in [7, 11) is 0. The Morgan fingerprint density at radius 3 is 2.62 bits per heavy atom. The lowest BCUT2D eigenvalue weighted by Gasteiger charge is -2.36. The molecular weight excluding hydrogens is 322 g/mol. The van der Waals surface area contributed by atoms with E-state index in [2.05, 4.69) is 39.6 Å². The molecule has 1 unspecified atom stereocenters. The molecule has 2 aromatic rings. The molecule has 1 atom stereocenters. The van der Waals surface area contributed by atoms with Crippen LogP contribution in [0.15, 0.2) is 61.7 Å². The minimum Gasteiger partial charge on any atom is -0.387 e. The molecule has 136 valence electrons. The molecule has 2 fully saturated rings. The highest BCUT2D eigenvalue weighted by atomic mass is 16.3. The van der Waals surface area contributed by atoms with Gasteiger partial charge in [-0.05, 0) is 61.3 Å². The molecule has 4 rings (SSSR count). The Morgan fingerprint density at radius 1 is 1.19 bits per heavy atom. The zero-order valence-electron chi connectivity index (χ0n) is 15.2. The molecule has 26 heavy (non-hydrogen) atoms. The third kappa shape index (κ3) is 3.10. The first-order valence-corrected chi connectivity index (χ1v) is 9.56. The Bertz CT molecular complexity index is 838. The molecule has 2 aliphatic rings. The van der Waals surface area contributed by atoms with Gasteiger partial charge in [0.25, 0.3) is 0 Å². The number of aromatic nitrogens is 2. The first kappa shape index (κ1) is 17.1. The maximum Gasteiger partial charge on any atom is 0.0995 e. The molecule has 0 bridgehead atoms. The molecule has 1 aliphatic heterocycles. The number of allylic oxidation sites excluding steroid dienone is 3. The number of rotatable bonds is 6. The molecule has 4 heteroatoms. The molecule has 1 aliphatic carbocycles. The normalized spacial score (nSPS) is 20.3. The Morgan fingerprint density at radius 2 is 1.96 bits per heavy atom. The van der Waals surface area contributed by atoms with Crippen molar-refractivity contribution in [3.63, 3.8) is 0 Å². The Labute approximate surface area is 155 Å². The standard InChI is InChI=1S/C22H27N3O/c1-3-5-18(4-2)24-12-10-17(11-13-24)22(26)21-20(16-6-7-16)9-8-19-14-23-15-25(19)21/h3-5,8-9,14-17,22,26H,1-2,6-7,10-13H2/b18-5+. The van der Waals surface area contributed by atoms with Gasteiger partial charge in [0.15, 0.2) is 0 Å². The van der Waals surface area contributed by atoms with Gasteiger partial charge in [0.2, 0.25) is 0 Å². The monoisotopic (exact) mass is 349 g/mol. The van der Waals surface area contributed by atoms with E-state index in [9.17, 15) is 5.11 Å². The first-order chi connectivity index (χ1) is 12.7. The number of aliphatic hydroxyl groups is 1. The van der Waals surface area contributed by atoms with Crippen LogP contribution >= 0.6 is 0 Å². The summed E-state index contributed by atoms with van der Waals surface area (Å²) in [5.41, 5.74) is 4.54. The van der Waals surface area contributed by atoms with E-state index < -0.39 is 6.10 Å². The fourth-order valence-electron chi connectivity index (χ4n) is 4.20. The molecule has 0 amide bonds. The molecule has 0 aromatic carbocycles. The highest BCUT2D eigenvalue weighted by molar-refractivity contribution is 5.50. The van der Waals surface area contributed by atoms with Crippen LogP contribution in [0.3, 0.4) is 0 Å². The van der Waals surface area contributed by atoms with E-state index in [-0.39, 0.29) is 5.92 Å². The van der Waals surface area contributed by atoms with Crippen molar-refractivity contribution in [1.82, 2.24) is 14.3 Å². The van der Waals surface area contributed by atoms with E-state index in [0.29, 0.717) is 5.92 Å². The molecule has 0 radical (unpaired) electrons. The van der Waals surface area contributed by atoms with E-state index in [4.69, 9.17) is 0 Å². The van der Waals surface area contributed by atoms with Crippen molar-refractivity contribution < 1.29 is 5.11 Å². The van der Waals surface area contributed by atoms with E-state index in [1.165, 1.54) is 18.4 Å². The zero-order chi connectivity index (χ0) is 18.1. The van der Waals surface area contributed by atoms with Crippen molar-refractivity contribution >= 4 is 5.52 Å². The van der Waals surface area contributed by atoms with Crippen LogP contribution in [0.2, 0.25) is 0 Å². The van der Waals surface area contributed by atoms with Gasteiger partial charge in [0, 0.05) is 18.8 Å². The van der Waals surface area contributed by atoms with Crippen LogP contribution in [0, 0.1) is 5.92 Å². The summed E-state index contributed by atoms with van der Waals surface area (Å²) < 4.78 is 2.09. The minimum absolute atomic E-state index is 0.270. The number of likely N-dealkylation sites (tertiary alicyclic amines) is 1. The third-order valence-electron chi connectivity index (χ3n) is 5.80. The summed E-state index contributed by atoms with van der Waals surface area (Å²) >= 11 is 0. The Balaban J connectivity index is 1.57. The summed E-state index contributed by atoms with van der Waals surface area (Å²) in [5, 5.41) is 11.3. The van der Waals surface area contributed by atoms with Crippen molar-refractivity contribution in [1.29, 1.82) is 0 Å². The molecule has 4 nitrogen and oxygen atoms in total. The summed E-state index contributed by atoms with van der Waals surface area (Å²) in [4.78, 5) is 6.62. The van der Waals surface area contributed by atoms with Gasteiger partial charge in [-0.3, -0.25) is 0 Å². The van der Waals surface area contributed by atoms with E-state index >= 15 is 0 Å². The molecule has 1 saturated heterocycles. The van der Waals surface area contributed by atoms with Crippen molar-refractivity contribution in [2.45, 2.75) is 37.7 Å². The van der Waals surface area contributed by atoms with Crippen LogP contribution in [-0.2, 0) is 0 Å². The molecule has 1 saturated carbocycles. The Hall–Kier alpha value is -2.33. The third-order valence-corrected chi connectivity index (χ3v) is 5.80.